The van der Waals surface area contributed by atoms with E-state index in [4.69, 9.17) is 22.6 Å². The molecule has 3 aromatic heterocycles. The molecule has 3 heterocycles. The van der Waals surface area contributed by atoms with Crippen molar-refractivity contribution in [3.05, 3.63) is 64.7 Å². The summed E-state index contributed by atoms with van der Waals surface area (Å²) in [7, 11) is 0. The molecule has 0 saturated carbocycles. The normalized spacial score (nSPS) is 10.9. The first-order valence-corrected chi connectivity index (χ1v) is 8.03. The van der Waals surface area contributed by atoms with E-state index in [0.29, 0.717) is 22.5 Å². The van der Waals surface area contributed by atoms with Gasteiger partial charge in [0.2, 0.25) is 0 Å². The third kappa shape index (κ3) is 2.72. The van der Waals surface area contributed by atoms with E-state index in [0.717, 1.165) is 16.5 Å². The zero-order valence-electron chi connectivity index (χ0n) is 13.3. The molecule has 1 amide bonds. The van der Waals surface area contributed by atoms with Gasteiger partial charge in [-0.05, 0) is 29.8 Å². The van der Waals surface area contributed by atoms with Crippen LogP contribution in [0.5, 0.6) is 0 Å². The lowest BCUT2D eigenvalue weighted by atomic mass is 10.1. The summed E-state index contributed by atoms with van der Waals surface area (Å²) in [6.45, 7) is 0.403. The van der Waals surface area contributed by atoms with Gasteiger partial charge in [-0.15, -0.1) is 0 Å². The van der Waals surface area contributed by atoms with Crippen LogP contribution >= 0.6 is 11.6 Å². The molecule has 0 radical (unpaired) electrons. The van der Waals surface area contributed by atoms with Crippen LogP contribution in [0.2, 0.25) is 5.02 Å². The monoisotopic (exact) mass is 362 g/mol. The number of rotatable bonds is 3. The molecular formula is C18H11ClN6O. The molecule has 7 nitrogen and oxygen atoms in total. The fraction of sp³-hybridized carbons (Fsp3) is 0.0556. The number of pyridine rings is 2. The Morgan fingerprint density at radius 3 is 2.85 bits per heavy atom. The average Bonchev–Trinajstić information content (AvgIpc) is 2.99. The van der Waals surface area contributed by atoms with Crippen molar-refractivity contribution < 1.29 is 4.79 Å². The number of halogens is 1. The highest BCUT2D eigenvalue weighted by atomic mass is 35.5. The topological polar surface area (TPSA) is 110 Å². The zero-order chi connectivity index (χ0) is 18.3. The highest BCUT2D eigenvalue weighted by Crippen LogP contribution is 2.22. The van der Waals surface area contributed by atoms with Crippen LogP contribution < -0.4 is 5.73 Å². The van der Waals surface area contributed by atoms with E-state index in [2.05, 4.69) is 15.1 Å². The first-order valence-electron chi connectivity index (χ1n) is 7.66. The van der Waals surface area contributed by atoms with Gasteiger partial charge >= 0.3 is 0 Å². The van der Waals surface area contributed by atoms with Gasteiger partial charge in [0.25, 0.3) is 5.91 Å². The number of carbonyl (C=O) groups excluding carboxylic acids is 1. The molecule has 0 aliphatic rings. The van der Waals surface area contributed by atoms with Crippen molar-refractivity contribution in [3.8, 4) is 6.07 Å². The van der Waals surface area contributed by atoms with E-state index in [-0.39, 0.29) is 11.4 Å². The molecule has 2 N–H and O–H groups in total. The van der Waals surface area contributed by atoms with Crippen molar-refractivity contribution in [3.63, 3.8) is 0 Å². The molecule has 0 fully saturated rings. The van der Waals surface area contributed by atoms with Crippen LogP contribution in [-0.2, 0) is 6.54 Å². The predicted octanol–water partition coefficient (Wildman–Crippen LogP) is 2.65. The molecule has 0 spiro atoms. The molecule has 0 saturated heterocycles. The summed E-state index contributed by atoms with van der Waals surface area (Å²) in [6.07, 6.45) is 3.12. The number of amides is 1. The minimum Gasteiger partial charge on any atom is -0.364 e. The molecule has 0 aliphatic carbocycles. The number of fused-ring (bicyclic) bond motifs is 2. The average molecular weight is 363 g/mol. The van der Waals surface area contributed by atoms with Gasteiger partial charge in [0.1, 0.15) is 11.8 Å². The van der Waals surface area contributed by atoms with Crippen molar-refractivity contribution in [1.82, 2.24) is 19.7 Å². The number of nitrogens with zero attached hydrogens (tertiary/aromatic N) is 5. The number of primary amides is 1. The first kappa shape index (κ1) is 16.0. The van der Waals surface area contributed by atoms with Gasteiger partial charge in [-0.2, -0.15) is 10.4 Å². The Morgan fingerprint density at radius 1 is 1.23 bits per heavy atom. The van der Waals surface area contributed by atoms with Crippen LogP contribution in [-0.4, -0.2) is 25.7 Å². The van der Waals surface area contributed by atoms with Crippen molar-refractivity contribution in [2.45, 2.75) is 6.54 Å². The third-order valence-corrected chi connectivity index (χ3v) is 4.24. The number of carbonyl (C=O) groups is 1. The van der Waals surface area contributed by atoms with Gasteiger partial charge in [-0.3, -0.25) is 14.5 Å². The van der Waals surface area contributed by atoms with Gasteiger partial charge in [0, 0.05) is 17.0 Å². The van der Waals surface area contributed by atoms with Crippen molar-refractivity contribution in [2.24, 2.45) is 5.73 Å². The minimum atomic E-state index is -0.654. The lowest BCUT2D eigenvalue weighted by Crippen LogP contribution is -2.13. The number of aromatic nitrogens is 4. The maximum absolute atomic E-state index is 11.7. The van der Waals surface area contributed by atoms with Crippen molar-refractivity contribution in [2.75, 3.05) is 0 Å². The SMILES string of the molecule is N#Cc1cc2c(C(N)=O)nn(Cc3ccc4ncc(Cl)cc4c3)c2cn1. The number of hydrogen-bond donors (Lipinski definition) is 1. The molecule has 0 atom stereocenters. The van der Waals surface area contributed by atoms with Crippen LogP contribution in [0.4, 0.5) is 0 Å². The number of hydrogen-bond acceptors (Lipinski definition) is 5. The summed E-state index contributed by atoms with van der Waals surface area (Å²) >= 11 is 6.01. The highest BCUT2D eigenvalue weighted by Gasteiger charge is 2.16. The van der Waals surface area contributed by atoms with Gasteiger partial charge in [0.05, 0.1) is 28.8 Å². The van der Waals surface area contributed by atoms with Gasteiger partial charge in [-0.1, -0.05) is 17.7 Å². The Hall–Kier alpha value is -3.50. The van der Waals surface area contributed by atoms with E-state index in [9.17, 15) is 4.79 Å². The second-order valence-electron chi connectivity index (χ2n) is 5.75. The van der Waals surface area contributed by atoms with Gasteiger partial charge < -0.3 is 5.73 Å². The largest absolute Gasteiger partial charge is 0.364 e. The van der Waals surface area contributed by atoms with Crippen molar-refractivity contribution >= 4 is 39.3 Å². The van der Waals surface area contributed by atoms with Crippen LogP contribution in [0.1, 0.15) is 21.7 Å². The Morgan fingerprint density at radius 2 is 2.08 bits per heavy atom. The van der Waals surface area contributed by atoms with E-state index in [1.807, 2.05) is 30.3 Å². The number of nitriles is 1. The molecule has 26 heavy (non-hydrogen) atoms. The molecule has 0 unspecified atom stereocenters. The van der Waals surface area contributed by atoms with Crippen LogP contribution in [0, 0.1) is 11.3 Å². The predicted molar refractivity (Wildman–Crippen MR) is 96.6 cm³/mol. The summed E-state index contributed by atoms with van der Waals surface area (Å²) in [5.74, 6) is -0.654. The molecular weight excluding hydrogens is 352 g/mol. The smallest absolute Gasteiger partial charge is 0.269 e. The van der Waals surface area contributed by atoms with Gasteiger partial charge in [0.15, 0.2) is 5.69 Å². The molecule has 0 aliphatic heterocycles. The quantitative estimate of drug-likeness (QED) is 0.602. The Balaban J connectivity index is 1.82. The lowest BCUT2D eigenvalue weighted by Gasteiger charge is -2.06. The summed E-state index contributed by atoms with van der Waals surface area (Å²) < 4.78 is 1.64. The second kappa shape index (κ2) is 6.10. The van der Waals surface area contributed by atoms with Gasteiger partial charge in [-0.25, -0.2) is 4.98 Å². The zero-order valence-corrected chi connectivity index (χ0v) is 14.1. The Bertz CT molecular complexity index is 1220. The van der Waals surface area contributed by atoms with Crippen molar-refractivity contribution in [1.29, 1.82) is 5.26 Å². The first-order chi connectivity index (χ1) is 12.5. The standard InChI is InChI=1S/C18H11ClN6O/c19-12-4-11-3-10(1-2-15(11)23-7-12)9-25-16-8-22-13(6-20)5-14(16)17(24-25)18(21)26/h1-5,7-8H,9H2,(H2,21,26). The lowest BCUT2D eigenvalue weighted by molar-refractivity contribution is 0.0996. The summed E-state index contributed by atoms with van der Waals surface area (Å²) in [4.78, 5) is 20.0. The number of nitrogens with two attached hydrogens (primary N) is 1. The maximum atomic E-state index is 11.7. The van der Waals surface area contributed by atoms with Crippen LogP contribution in [0.15, 0.2) is 42.7 Å². The maximum Gasteiger partial charge on any atom is 0.269 e. The van der Waals surface area contributed by atoms with Crippen LogP contribution in [0.3, 0.4) is 0 Å². The highest BCUT2D eigenvalue weighted by molar-refractivity contribution is 6.31. The molecule has 126 valence electrons. The van der Waals surface area contributed by atoms with E-state index in [1.54, 1.807) is 10.9 Å². The second-order valence-corrected chi connectivity index (χ2v) is 6.19. The molecule has 4 rings (SSSR count). The minimum absolute atomic E-state index is 0.115. The van der Waals surface area contributed by atoms with E-state index in [1.165, 1.54) is 12.3 Å². The third-order valence-electron chi connectivity index (χ3n) is 4.03. The Kier molecular flexibility index (Phi) is 3.75. The van der Waals surface area contributed by atoms with E-state index >= 15 is 0 Å². The van der Waals surface area contributed by atoms with E-state index < -0.39 is 5.91 Å². The van der Waals surface area contributed by atoms with Crippen LogP contribution in [0.25, 0.3) is 21.8 Å². The molecule has 1 aromatic carbocycles. The molecule has 0 bridgehead atoms. The molecule has 4 aromatic rings. The fourth-order valence-corrected chi connectivity index (χ4v) is 3.03. The number of benzene rings is 1. The Labute approximate surface area is 152 Å². The summed E-state index contributed by atoms with van der Waals surface area (Å²) in [5.41, 5.74) is 8.16. The molecule has 8 heteroatoms. The summed E-state index contributed by atoms with van der Waals surface area (Å²) in [5, 5.41) is 15.3. The fourth-order valence-electron chi connectivity index (χ4n) is 2.86. The summed E-state index contributed by atoms with van der Waals surface area (Å²) in [6, 6.07) is 11.1.